The molecule has 2 aliphatic carbocycles. The van der Waals surface area contributed by atoms with E-state index in [-0.39, 0.29) is 11.6 Å². The van der Waals surface area contributed by atoms with Gasteiger partial charge < -0.3 is 15.3 Å². The molecule has 0 bridgehead atoms. The minimum absolute atomic E-state index is 0.0397. The van der Waals surface area contributed by atoms with Gasteiger partial charge in [0.2, 0.25) is 0 Å². The topological polar surface area (TPSA) is 35.5 Å². The quantitative estimate of drug-likeness (QED) is 0.763. The molecule has 3 nitrogen and oxygen atoms in total. The van der Waals surface area contributed by atoms with Crippen molar-refractivity contribution in [3.05, 3.63) is 64.7 Å². The molecule has 2 aromatic carbocycles. The van der Waals surface area contributed by atoms with Crippen molar-refractivity contribution in [2.45, 2.75) is 74.8 Å². The van der Waals surface area contributed by atoms with Crippen molar-refractivity contribution in [3.8, 4) is 0 Å². The molecule has 0 radical (unpaired) electrons. The Morgan fingerprint density at radius 2 is 1.73 bits per heavy atom. The molecular formula is C27H34N2O. The van der Waals surface area contributed by atoms with Crippen LogP contribution in [0.3, 0.4) is 0 Å². The first-order valence-corrected chi connectivity index (χ1v) is 12.1. The first-order valence-electron chi connectivity index (χ1n) is 12.1. The number of hydrogen-bond donors (Lipinski definition) is 2. The largest absolute Gasteiger partial charge is 0.391 e. The van der Waals surface area contributed by atoms with Gasteiger partial charge in [0, 0.05) is 30.2 Å². The van der Waals surface area contributed by atoms with Crippen LogP contribution in [-0.2, 0) is 6.42 Å². The Kier molecular flexibility index (Phi) is 4.65. The van der Waals surface area contributed by atoms with Gasteiger partial charge in [0.05, 0.1) is 6.10 Å². The van der Waals surface area contributed by atoms with Gasteiger partial charge in [-0.1, -0.05) is 36.4 Å². The number of aryl methyl sites for hydroxylation is 1. The summed E-state index contributed by atoms with van der Waals surface area (Å²) in [6.07, 6.45) is 9.40. The third-order valence-electron chi connectivity index (χ3n) is 8.66. The summed E-state index contributed by atoms with van der Waals surface area (Å²) < 4.78 is 0. The maximum absolute atomic E-state index is 10.5. The van der Waals surface area contributed by atoms with Crippen molar-refractivity contribution >= 4 is 5.69 Å². The lowest BCUT2D eigenvalue weighted by molar-refractivity contribution is 0.0797. The summed E-state index contributed by atoms with van der Waals surface area (Å²) in [7, 11) is 0. The van der Waals surface area contributed by atoms with Gasteiger partial charge in [-0.3, -0.25) is 0 Å². The molecule has 2 fully saturated rings. The Morgan fingerprint density at radius 1 is 0.900 bits per heavy atom. The lowest BCUT2D eigenvalue weighted by atomic mass is 9.68. The number of piperidine rings is 1. The molecule has 0 aromatic heterocycles. The molecule has 3 atom stereocenters. The smallest absolute Gasteiger partial charge is 0.0735 e. The second-order valence-electron chi connectivity index (χ2n) is 10.1. The molecule has 3 heteroatoms. The van der Waals surface area contributed by atoms with E-state index < -0.39 is 0 Å². The van der Waals surface area contributed by atoms with E-state index in [0.29, 0.717) is 5.92 Å². The van der Waals surface area contributed by atoms with Crippen LogP contribution >= 0.6 is 0 Å². The molecule has 6 rings (SSSR count). The average molecular weight is 403 g/mol. The second-order valence-corrected chi connectivity index (χ2v) is 10.1. The average Bonchev–Trinajstić information content (AvgIpc) is 3.15. The van der Waals surface area contributed by atoms with Crippen LogP contribution in [0.5, 0.6) is 0 Å². The van der Waals surface area contributed by atoms with Crippen molar-refractivity contribution in [2.24, 2.45) is 0 Å². The molecule has 0 saturated carbocycles. The third kappa shape index (κ3) is 2.93. The molecule has 3 unspecified atom stereocenters. The van der Waals surface area contributed by atoms with Gasteiger partial charge >= 0.3 is 0 Å². The number of para-hydroxylation sites is 1. The van der Waals surface area contributed by atoms with E-state index >= 15 is 0 Å². The van der Waals surface area contributed by atoms with Crippen molar-refractivity contribution in [2.75, 3.05) is 24.5 Å². The fourth-order valence-corrected chi connectivity index (χ4v) is 7.05. The van der Waals surface area contributed by atoms with E-state index in [0.717, 1.165) is 44.8 Å². The molecule has 30 heavy (non-hydrogen) atoms. The Morgan fingerprint density at radius 3 is 2.57 bits per heavy atom. The standard InChI is InChI=1S/C27H34N2O/c30-25-13-16-28-27(25)14-17-29(18-15-27)24-10-2-1-8-22(24)21-12-11-20-6-3-5-19-7-4-9-23(21)26(19)20/h1-2,4,7-10,20-21,25,28,30H,3,5-6,11-18H2. The molecule has 2 aromatic rings. The Bertz CT molecular complexity index is 930. The van der Waals surface area contributed by atoms with Crippen molar-refractivity contribution in [1.29, 1.82) is 0 Å². The van der Waals surface area contributed by atoms with Crippen LogP contribution in [0.2, 0.25) is 0 Å². The van der Waals surface area contributed by atoms with Crippen molar-refractivity contribution < 1.29 is 5.11 Å². The van der Waals surface area contributed by atoms with E-state index in [1.54, 1.807) is 16.7 Å². The second kappa shape index (κ2) is 7.39. The van der Waals surface area contributed by atoms with Crippen molar-refractivity contribution in [3.63, 3.8) is 0 Å². The minimum Gasteiger partial charge on any atom is -0.391 e. The number of nitrogens with zero attached hydrogens (tertiary/aromatic N) is 1. The van der Waals surface area contributed by atoms with Crippen LogP contribution in [0.25, 0.3) is 0 Å². The molecule has 1 spiro atoms. The van der Waals surface area contributed by atoms with E-state index in [2.05, 4.69) is 52.7 Å². The van der Waals surface area contributed by atoms with E-state index in [4.69, 9.17) is 0 Å². The Balaban J connectivity index is 1.32. The highest BCUT2D eigenvalue weighted by molar-refractivity contribution is 5.60. The fraction of sp³-hybridized carbons (Fsp3) is 0.556. The van der Waals surface area contributed by atoms with Gasteiger partial charge in [-0.05, 0) is 92.1 Å². The maximum atomic E-state index is 10.5. The van der Waals surface area contributed by atoms with E-state index in [1.165, 1.54) is 43.4 Å². The summed E-state index contributed by atoms with van der Waals surface area (Å²) in [6, 6.07) is 16.3. The fourth-order valence-electron chi connectivity index (χ4n) is 7.05. The maximum Gasteiger partial charge on any atom is 0.0735 e. The van der Waals surface area contributed by atoms with Crippen molar-refractivity contribution in [1.82, 2.24) is 5.32 Å². The highest BCUT2D eigenvalue weighted by atomic mass is 16.3. The van der Waals surface area contributed by atoms with Crippen LogP contribution in [0, 0.1) is 0 Å². The summed E-state index contributed by atoms with van der Waals surface area (Å²) in [5.41, 5.74) is 7.83. The predicted molar refractivity (Wildman–Crippen MR) is 122 cm³/mol. The van der Waals surface area contributed by atoms with Gasteiger partial charge in [-0.25, -0.2) is 0 Å². The monoisotopic (exact) mass is 402 g/mol. The SMILES string of the molecule is OC1CCNC12CCN(c1ccccc1C1CCC3CCCc4cccc1c43)CC2. The lowest BCUT2D eigenvalue weighted by Crippen LogP contribution is -2.55. The molecule has 4 aliphatic rings. The number of benzene rings is 2. The summed E-state index contributed by atoms with van der Waals surface area (Å²) in [4.78, 5) is 2.59. The van der Waals surface area contributed by atoms with Crippen LogP contribution in [0.1, 0.15) is 79.0 Å². The molecule has 2 N–H and O–H groups in total. The summed E-state index contributed by atoms with van der Waals surface area (Å²) >= 11 is 0. The first kappa shape index (κ1) is 18.9. The van der Waals surface area contributed by atoms with Crippen LogP contribution < -0.4 is 10.2 Å². The molecule has 2 heterocycles. The number of hydrogen-bond acceptors (Lipinski definition) is 3. The Hall–Kier alpha value is -1.84. The minimum atomic E-state index is -0.180. The molecular weight excluding hydrogens is 368 g/mol. The van der Waals surface area contributed by atoms with Crippen LogP contribution in [0.4, 0.5) is 5.69 Å². The van der Waals surface area contributed by atoms with Gasteiger partial charge in [0.15, 0.2) is 0 Å². The van der Waals surface area contributed by atoms with Gasteiger partial charge in [0.1, 0.15) is 0 Å². The molecule has 158 valence electrons. The normalized spacial score (nSPS) is 29.8. The van der Waals surface area contributed by atoms with E-state index in [1.807, 2.05) is 0 Å². The number of anilines is 1. The van der Waals surface area contributed by atoms with Gasteiger partial charge in [-0.15, -0.1) is 0 Å². The number of nitrogens with one attached hydrogen (secondary N) is 1. The predicted octanol–water partition coefficient (Wildman–Crippen LogP) is 4.73. The summed E-state index contributed by atoms with van der Waals surface area (Å²) in [5.74, 6) is 1.31. The number of aliphatic hydroxyl groups excluding tert-OH is 1. The third-order valence-corrected chi connectivity index (χ3v) is 8.66. The highest BCUT2D eigenvalue weighted by Crippen LogP contribution is 2.49. The van der Waals surface area contributed by atoms with Gasteiger partial charge in [0.25, 0.3) is 0 Å². The molecule has 2 aliphatic heterocycles. The highest BCUT2D eigenvalue weighted by Gasteiger charge is 2.44. The van der Waals surface area contributed by atoms with Crippen LogP contribution in [0.15, 0.2) is 42.5 Å². The zero-order valence-corrected chi connectivity index (χ0v) is 17.9. The van der Waals surface area contributed by atoms with Gasteiger partial charge in [-0.2, -0.15) is 0 Å². The zero-order chi connectivity index (χ0) is 20.1. The first-order chi connectivity index (χ1) is 14.8. The van der Waals surface area contributed by atoms with Crippen LogP contribution in [-0.4, -0.2) is 36.4 Å². The summed E-state index contributed by atoms with van der Waals surface area (Å²) in [5, 5.41) is 14.2. The number of aliphatic hydroxyl groups is 1. The van der Waals surface area contributed by atoms with E-state index in [9.17, 15) is 5.11 Å². The molecule has 2 saturated heterocycles. The summed E-state index contributed by atoms with van der Waals surface area (Å²) in [6.45, 7) is 3.02. The lowest BCUT2D eigenvalue weighted by Gasteiger charge is -2.44. The zero-order valence-electron chi connectivity index (χ0n) is 17.9. The molecule has 0 amide bonds. The Labute approximate surface area is 180 Å². The number of rotatable bonds is 2.